The molecular formula is C25H25ClN4O3S. The van der Waals surface area contributed by atoms with Crippen molar-refractivity contribution >= 4 is 62.0 Å². The summed E-state index contributed by atoms with van der Waals surface area (Å²) in [6, 6.07) is 11.2. The SMILES string of the molecule is CNC(=O)c1cccc2c1nc(Nc1cc(OCCN3CCOCC3)ccc1Cl)c1cscc12. The van der Waals surface area contributed by atoms with Gasteiger partial charge in [-0.2, -0.15) is 11.3 Å². The average molecular weight is 497 g/mol. The highest BCUT2D eigenvalue weighted by atomic mass is 35.5. The van der Waals surface area contributed by atoms with Crippen LogP contribution in [-0.4, -0.2) is 62.3 Å². The highest BCUT2D eigenvalue weighted by molar-refractivity contribution is 7.09. The number of hydrogen-bond donors (Lipinski definition) is 2. The standard InChI is InChI=1S/C25H25ClN4O3S/c1-27-25(31)18-4-2-3-17-19-14-34-15-20(19)24(29-23(17)18)28-22-13-16(5-6-21(22)26)33-12-9-30-7-10-32-11-8-30/h2-6,13-15H,7-12H2,1H3,(H,27,31)(H,28,29). The normalized spacial score (nSPS) is 14.4. The third-order valence-corrected chi connectivity index (χ3v) is 6.98. The van der Waals surface area contributed by atoms with Crippen molar-refractivity contribution in [1.29, 1.82) is 0 Å². The maximum Gasteiger partial charge on any atom is 0.253 e. The number of carbonyl (C=O) groups excluding carboxylic acids is 1. The summed E-state index contributed by atoms with van der Waals surface area (Å²) in [7, 11) is 1.62. The Morgan fingerprint density at radius 1 is 1.18 bits per heavy atom. The fraction of sp³-hybridized carbons (Fsp3) is 0.280. The third-order valence-electron chi connectivity index (χ3n) is 5.91. The van der Waals surface area contributed by atoms with Crippen molar-refractivity contribution in [3.63, 3.8) is 0 Å². The summed E-state index contributed by atoms with van der Waals surface area (Å²) in [5.74, 6) is 1.20. The van der Waals surface area contributed by atoms with Crippen LogP contribution in [0.5, 0.6) is 5.75 Å². The van der Waals surface area contributed by atoms with Crippen molar-refractivity contribution in [2.75, 3.05) is 51.8 Å². The van der Waals surface area contributed by atoms with Crippen LogP contribution in [0, 0.1) is 0 Å². The highest BCUT2D eigenvalue weighted by Gasteiger charge is 2.16. The van der Waals surface area contributed by atoms with Gasteiger partial charge in [-0.3, -0.25) is 9.69 Å². The van der Waals surface area contributed by atoms with Crippen LogP contribution < -0.4 is 15.4 Å². The minimum Gasteiger partial charge on any atom is -0.492 e. The lowest BCUT2D eigenvalue weighted by Crippen LogP contribution is -2.38. The zero-order valence-corrected chi connectivity index (χ0v) is 20.3. The van der Waals surface area contributed by atoms with E-state index in [0.717, 1.165) is 54.8 Å². The number of para-hydroxylation sites is 1. The molecule has 9 heteroatoms. The smallest absolute Gasteiger partial charge is 0.253 e. The fourth-order valence-corrected chi connectivity index (χ4v) is 5.09. The predicted molar refractivity (Wildman–Crippen MR) is 138 cm³/mol. The number of carbonyl (C=O) groups is 1. The van der Waals surface area contributed by atoms with Crippen molar-refractivity contribution < 1.29 is 14.3 Å². The monoisotopic (exact) mass is 496 g/mol. The number of aromatic nitrogens is 1. The van der Waals surface area contributed by atoms with E-state index in [0.29, 0.717) is 34.2 Å². The minimum absolute atomic E-state index is 0.174. The van der Waals surface area contributed by atoms with Gasteiger partial charge in [0.15, 0.2) is 0 Å². The molecule has 1 aliphatic rings. The molecule has 7 nitrogen and oxygen atoms in total. The van der Waals surface area contributed by atoms with E-state index < -0.39 is 0 Å². The van der Waals surface area contributed by atoms with Gasteiger partial charge >= 0.3 is 0 Å². The number of nitrogens with zero attached hydrogens (tertiary/aromatic N) is 2. The van der Waals surface area contributed by atoms with E-state index in [1.54, 1.807) is 24.5 Å². The van der Waals surface area contributed by atoms with Gasteiger partial charge in [0.1, 0.15) is 18.2 Å². The molecule has 1 aliphatic heterocycles. The first kappa shape index (κ1) is 22.9. The molecule has 0 bridgehead atoms. The molecule has 2 N–H and O–H groups in total. The van der Waals surface area contributed by atoms with Crippen LogP contribution in [-0.2, 0) is 4.74 Å². The molecular weight excluding hydrogens is 472 g/mol. The van der Waals surface area contributed by atoms with Crippen LogP contribution >= 0.6 is 22.9 Å². The number of fused-ring (bicyclic) bond motifs is 3. The Balaban J connectivity index is 1.43. The van der Waals surface area contributed by atoms with E-state index in [9.17, 15) is 4.79 Å². The number of nitrogens with one attached hydrogen (secondary N) is 2. The van der Waals surface area contributed by atoms with Crippen LogP contribution in [0.1, 0.15) is 10.4 Å². The van der Waals surface area contributed by atoms with Crippen LogP contribution in [0.2, 0.25) is 5.02 Å². The lowest BCUT2D eigenvalue weighted by Gasteiger charge is -2.26. The zero-order valence-electron chi connectivity index (χ0n) is 18.8. The molecule has 0 aliphatic carbocycles. The van der Waals surface area contributed by atoms with Gasteiger partial charge in [0, 0.05) is 54.3 Å². The first-order valence-corrected chi connectivity index (χ1v) is 12.5. The van der Waals surface area contributed by atoms with Gasteiger partial charge in [0.05, 0.1) is 35.0 Å². The molecule has 1 saturated heterocycles. The number of halogens is 1. The number of ether oxygens (including phenoxy) is 2. The van der Waals surface area contributed by atoms with Gasteiger partial charge in [-0.1, -0.05) is 23.7 Å². The van der Waals surface area contributed by atoms with Gasteiger partial charge in [-0.05, 0) is 23.6 Å². The summed E-state index contributed by atoms with van der Waals surface area (Å²) in [6.07, 6.45) is 0. The van der Waals surface area contributed by atoms with Crippen LogP contribution in [0.3, 0.4) is 0 Å². The first-order chi connectivity index (χ1) is 16.6. The molecule has 0 saturated carbocycles. The number of morpholine rings is 1. The molecule has 4 aromatic rings. The van der Waals surface area contributed by atoms with E-state index in [2.05, 4.69) is 20.9 Å². The van der Waals surface area contributed by atoms with E-state index in [4.69, 9.17) is 26.1 Å². The number of hydrogen-bond acceptors (Lipinski definition) is 7. The summed E-state index contributed by atoms with van der Waals surface area (Å²) in [5, 5.41) is 13.7. The second-order valence-corrected chi connectivity index (χ2v) is 9.16. The van der Waals surface area contributed by atoms with Crippen molar-refractivity contribution in [3.8, 4) is 5.75 Å². The van der Waals surface area contributed by atoms with E-state index in [-0.39, 0.29) is 5.91 Å². The molecule has 0 unspecified atom stereocenters. The number of thiophene rings is 1. The molecule has 34 heavy (non-hydrogen) atoms. The number of pyridine rings is 1. The van der Waals surface area contributed by atoms with E-state index in [1.165, 1.54) is 0 Å². The quantitative estimate of drug-likeness (QED) is 0.378. The Morgan fingerprint density at radius 3 is 2.82 bits per heavy atom. The summed E-state index contributed by atoms with van der Waals surface area (Å²) in [6.45, 7) is 4.83. The van der Waals surface area contributed by atoms with Crippen molar-refractivity contribution in [1.82, 2.24) is 15.2 Å². The average Bonchev–Trinajstić information content (AvgIpc) is 3.37. The second-order valence-electron chi connectivity index (χ2n) is 8.01. The van der Waals surface area contributed by atoms with Gasteiger partial charge in [-0.15, -0.1) is 0 Å². The molecule has 5 rings (SSSR count). The second kappa shape index (κ2) is 10.1. The van der Waals surface area contributed by atoms with Crippen molar-refractivity contribution in [2.45, 2.75) is 0 Å². The van der Waals surface area contributed by atoms with Crippen molar-refractivity contribution in [3.05, 3.63) is 57.7 Å². The maximum absolute atomic E-state index is 12.5. The highest BCUT2D eigenvalue weighted by Crippen LogP contribution is 2.37. The minimum atomic E-state index is -0.174. The Kier molecular flexibility index (Phi) is 6.82. The summed E-state index contributed by atoms with van der Waals surface area (Å²) in [5.41, 5.74) is 1.87. The Bertz CT molecular complexity index is 1340. The first-order valence-electron chi connectivity index (χ1n) is 11.1. The maximum atomic E-state index is 12.5. The Labute approximate surface area is 206 Å². The number of rotatable bonds is 7. The molecule has 2 aromatic heterocycles. The predicted octanol–water partition coefficient (Wildman–Crippen LogP) is 4.92. The number of anilines is 2. The lowest BCUT2D eigenvalue weighted by molar-refractivity contribution is 0.0322. The summed E-state index contributed by atoms with van der Waals surface area (Å²) < 4.78 is 11.4. The molecule has 0 atom stereocenters. The number of amides is 1. The molecule has 1 fully saturated rings. The molecule has 0 spiro atoms. The van der Waals surface area contributed by atoms with Gasteiger partial charge in [0.2, 0.25) is 0 Å². The molecule has 2 aromatic carbocycles. The Morgan fingerprint density at radius 2 is 2.00 bits per heavy atom. The molecule has 1 amide bonds. The fourth-order valence-electron chi connectivity index (χ4n) is 4.09. The topological polar surface area (TPSA) is 75.7 Å². The molecule has 0 radical (unpaired) electrons. The van der Waals surface area contributed by atoms with Crippen molar-refractivity contribution in [2.24, 2.45) is 0 Å². The molecule has 3 heterocycles. The van der Waals surface area contributed by atoms with E-state index in [1.807, 2.05) is 35.7 Å². The van der Waals surface area contributed by atoms with Gasteiger partial charge < -0.3 is 20.1 Å². The largest absolute Gasteiger partial charge is 0.492 e. The third kappa shape index (κ3) is 4.67. The Hall–Kier alpha value is -2.91. The summed E-state index contributed by atoms with van der Waals surface area (Å²) >= 11 is 8.11. The lowest BCUT2D eigenvalue weighted by atomic mass is 10.1. The van der Waals surface area contributed by atoms with Crippen LogP contribution in [0.4, 0.5) is 11.5 Å². The van der Waals surface area contributed by atoms with E-state index >= 15 is 0 Å². The number of benzene rings is 2. The van der Waals surface area contributed by atoms with Gasteiger partial charge in [-0.25, -0.2) is 4.98 Å². The summed E-state index contributed by atoms with van der Waals surface area (Å²) in [4.78, 5) is 19.6. The van der Waals surface area contributed by atoms with Crippen LogP contribution in [0.25, 0.3) is 21.7 Å². The molecule has 176 valence electrons. The zero-order chi connectivity index (χ0) is 23.5. The van der Waals surface area contributed by atoms with Gasteiger partial charge in [0.25, 0.3) is 5.91 Å². The van der Waals surface area contributed by atoms with Crippen LogP contribution in [0.15, 0.2) is 47.2 Å².